The van der Waals surface area contributed by atoms with Gasteiger partial charge in [-0.05, 0) is 40.5 Å². The minimum absolute atomic E-state index is 0.168. The third-order valence-electron chi connectivity index (χ3n) is 4.56. The predicted octanol–water partition coefficient (Wildman–Crippen LogP) is 2.04. The maximum atomic E-state index is 13.0. The minimum Gasteiger partial charge on any atom is -0.622 e. The summed E-state index contributed by atoms with van der Waals surface area (Å²) in [5, 5.41) is 29.1. The summed E-state index contributed by atoms with van der Waals surface area (Å²) in [4.78, 5) is 4.79. The Morgan fingerprint density at radius 2 is 1.81 bits per heavy atom. The topological polar surface area (TPSA) is 83.0 Å². The van der Waals surface area contributed by atoms with Crippen molar-refractivity contribution in [3.05, 3.63) is 5.21 Å². The number of oxime groups is 1. The van der Waals surface area contributed by atoms with Crippen molar-refractivity contribution in [2.45, 2.75) is 76.5 Å². The van der Waals surface area contributed by atoms with E-state index in [1.165, 1.54) is 0 Å². The SMILES string of the molecule is CC1(C)CC2(CC(C)(C)N1)N=C1C(=NO)CCCC1=[N+]2[O-]. The zero-order valence-electron chi connectivity index (χ0n) is 13.2. The van der Waals surface area contributed by atoms with E-state index in [0.29, 0.717) is 36.4 Å². The molecule has 0 amide bonds. The third kappa shape index (κ3) is 2.25. The zero-order chi connectivity index (χ0) is 15.5. The lowest BCUT2D eigenvalue weighted by atomic mass is 9.76. The van der Waals surface area contributed by atoms with Crippen LogP contribution >= 0.6 is 0 Å². The van der Waals surface area contributed by atoms with Gasteiger partial charge in [0.15, 0.2) is 5.71 Å². The van der Waals surface area contributed by atoms with Crippen LogP contribution in [-0.4, -0.2) is 43.8 Å². The van der Waals surface area contributed by atoms with E-state index in [1.807, 2.05) is 0 Å². The van der Waals surface area contributed by atoms with Crippen LogP contribution in [0.4, 0.5) is 0 Å². The minimum atomic E-state index is -0.761. The summed E-state index contributed by atoms with van der Waals surface area (Å²) in [6.07, 6.45) is 3.55. The molecule has 0 radical (unpaired) electrons. The number of fused-ring (bicyclic) bond motifs is 1. The number of nitrogens with one attached hydrogen (secondary N) is 1. The first-order valence-corrected chi connectivity index (χ1v) is 7.62. The molecule has 0 unspecified atom stereocenters. The lowest BCUT2D eigenvalue weighted by molar-refractivity contribution is -0.553. The van der Waals surface area contributed by atoms with Crippen molar-refractivity contribution in [2.75, 3.05) is 0 Å². The maximum absolute atomic E-state index is 13.0. The van der Waals surface area contributed by atoms with Gasteiger partial charge in [0, 0.05) is 17.5 Å². The highest BCUT2D eigenvalue weighted by Gasteiger charge is 2.57. The van der Waals surface area contributed by atoms with Gasteiger partial charge in [0.1, 0.15) is 5.71 Å². The number of nitrogens with zero attached hydrogens (tertiary/aromatic N) is 3. The van der Waals surface area contributed by atoms with E-state index in [1.54, 1.807) is 0 Å². The predicted molar refractivity (Wildman–Crippen MR) is 82.4 cm³/mol. The Morgan fingerprint density at radius 1 is 1.19 bits per heavy atom. The molecule has 0 aromatic heterocycles. The van der Waals surface area contributed by atoms with Crippen molar-refractivity contribution in [2.24, 2.45) is 10.1 Å². The smallest absolute Gasteiger partial charge is 0.269 e. The van der Waals surface area contributed by atoms with E-state index in [2.05, 4.69) is 38.2 Å². The van der Waals surface area contributed by atoms with Crippen LogP contribution in [0.25, 0.3) is 0 Å². The van der Waals surface area contributed by atoms with Gasteiger partial charge in [-0.15, -0.1) is 0 Å². The molecule has 0 aromatic carbocycles. The van der Waals surface area contributed by atoms with Crippen LogP contribution in [0.3, 0.4) is 0 Å². The lowest BCUT2D eigenvalue weighted by Gasteiger charge is -2.48. The van der Waals surface area contributed by atoms with E-state index in [0.717, 1.165) is 17.6 Å². The second kappa shape index (κ2) is 4.29. The van der Waals surface area contributed by atoms with E-state index in [-0.39, 0.29) is 11.1 Å². The van der Waals surface area contributed by atoms with Gasteiger partial charge in [-0.25, -0.2) is 4.99 Å². The van der Waals surface area contributed by atoms with Gasteiger partial charge in [0.05, 0.1) is 12.8 Å². The van der Waals surface area contributed by atoms with Gasteiger partial charge < -0.3 is 15.7 Å². The summed E-state index contributed by atoms with van der Waals surface area (Å²) in [6, 6.07) is 0. The van der Waals surface area contributed by atoms with Crippen molar-refractivity contribution >= 4 is 17.1 Å². The molecule has 2 heterocycles. The monoisotopic (exact) mass is 292 g/mol. The average Bonchev–Trinajstić information content (AvgIpc) is 2.58. The van der Waals surface area contributed by atoms with Gasteiger partial charge >= 0.3 is 0 Å². The maximum Gasteiger partial charge on any atom is 0.269 e. The molecule has 6 nitrogen and oxygen atoms in total. The van der Waals surface area contributed by atoms with Crippen LogP contribution in [-0.2, 0) is 0 Å². The number of aliphatic imine (C=N–C) groups is 1. The van der Waals surface area contributed by atoms with E-state index in [4.69, 9.17) is 4.99 Å². The van der Waals surface area contributed by atoms with E-state index < -0.39 is 5.66 Å². The second-order valence-corrected chi connectivity index (χ2v) is 7.83. The highest BCUT2D eigenvalue weighted by Crippen LogP contribution is 2.42. The number of hydrogen-bond donors (Lipinski definition) is 2. The molecule has 2 N–H and O–H groups in total. The molecule has 1 saturated heterocycles. The quantitative estimate of drug-likeness (QED) is 0.310. The Morgan fingerprint density at radius 3 is 2.38 bits per heavy atom. The summed E-state index contributed by atoms with van der Waals surface area (Å²) in [6.45, 7) is 8.43. The largest absolute Gasteiger partial charge is 0.622 e. The van der Waals surface area contributed by atoms with Gasteiger partial charge in [-0.3, -0.25) is 0 Å². The van der Waals surface area contributed by atoms with Gasteiger partial charge in [0.2, 0.25) is 5.71 Å². The Balaban J connectivity index is 2.10. The van der Waals surface area contributed by atoms with Crippen molar-refractivity contribution in [3.63, 3.8) is 0 Å². The summed E-state index contributed by atoms with van der Waals surface area (Å²) in [5.41, 5.74) is 0.791. The number of piperidine rings is 1. The molecule has 3 aliphatic rings. The first-order chi connectivity index (χ1) is 9.68. The molecule has 116 valence electrons. The fraction of sp³-hybridized carbons (Fsp3) is 0.800. The van der Waals surface area contributed by atoms with Crippen LogP contribution in [0.15, 0.2) is 10.1 Å². The number of rotatable bonds is 0. The standard InChI is InChI=1S/C15H24N4O2/c1-13(2)8-15(9-14(3,4)18-13)16-12-10(17-20)6-5-7-11(12)19(15)21/h18,20H,5-9H2,1-4H3. The molecule has 1 saturated carbocycles. The fourth-order valence-corrected chi connectivity index (χ4v) is 4.46. The second-order valence-electron chi connectivity index (χ2n) is 7.83. The molecule has 1 spiro atoms. The lowest BCUT2D eigenvalue weighted by Crippen LogP contribution is -2.64. The number of hydroxylamine groups is 1. The molecule has 2 aliphatic heterocycles. The van der Waals surface area contributed by atoms with E-state index in [9.17, 15) is 10.4 Å². The molecule has 0 bridgehead atoms. The Hall–Kier alpha value is -1.43. The highest BCUT2D eigenvalue weighted by molar-refractivity contribution is 6.68. The van der Waals surface area contributed by atoms with Gasteiger partial charge in [-0.1, -0.05) is 5.16 Å². The average molecular weight is 292 g/mol. The summed E-state index contributed by atoms with van der Waals surface area (Å²) in [7, 11) is 0. The van der Waals surface area contributed by atoms with E-state index >= 15 is 0 Å². The first-order valence-electron chi connectivity index (χ1n) is 7.62. The molecule has 21 heavy (non-hydrogen) atoms. The summed E-state index contributed by atoms with van der Waals surface area (Å²) < 4.78 is 1.11. The molecule has 1 aliphatic carbocycles. The first kappa shape index (κ1) is 14.5. The van der Waals surface area contributed by atoms with Crippen molar-refractivity contribution in [3.8, 4) is 0 Å². The molecular formula is C15H24N4O2. The summed E-state index contributed by atoms with van der Waals surface area (Å²) in [5.74, 6) is 0. The highest BCUT2D eigenvalue weighted by atomic mass is 16.5. The Labute approximate surface area is 125 Å². The van der Waals surface area contributed by atoms with Crippen LogP contribution < -0.4 is 5.32 Å². The third-order valence-corrected chi connectivity index (χ3v) is 4.56. The molecular weight excluding hydrogens is 268 g/mol. The Kier molecular flexibility index (Phi) is 2.96. The van der Waals surface area contributed by atoms with Crippen LogP contribution in [0.1, 0.15) is 59.8 Å². The zero-order valence-corrected chi connectivity index (χ0v) is 13.2. The molecule has 6 heteroatoms. The van der Waals surface area contributed by atoms with Crippen molar-refractivity contribution in [1.82, 2.24) is 5.32 Å². The normalized spacial score (nSPS) is 31.4. The fourth-order valence-electron chi connectivity index (χ4n) is 4.46. The van der Waals surface area contributed by atoms with Gasteiger partial charge in [0.25, 0.3) is 5.66 Å². The Bertz CT molecular complexity index is 556. The van der Waals surface area contributed by atoms with Crippen molar-refractivity contribution < 1.29 is 9.95 Å². The molecule has 3 rings (SSSR count). The van der Waals surface area contributed by atoms with Crippen LogP contribution in [0.2, 0.25) is 0 Å². The molecule has 0 aromatic rings. The molecule has 2 fully saturated rings. The molecule has 0 atom stereocenters. The van der Waals surface area contributed by atoms with Crippen LogP contribution in [0.5, 0.6) is 0 Å². The number of hydrogen-bond acceptors (Lipinski definition) is 5. The van der Waals surface area contributed by atoms with Crippen molar-refractivity contribution in [1.29, 1.82) is 0 Å². The summed E-state index contributed by atoms with van der Waals surface area (Å²) >= 11 is 0. The van der Waals surface area contributed by atoms with Gasteiger partial charge in [-0.2, -0.15) is 4.74 Å². The van der Waals surface area contributed by atoms with Crippen LogP contribution in [0, 0.1) is 5.21 Å².